The summed E-state index contributed by atoms with van der Waals surface area (Å²) in [5, 5.41) is 19.9. The van der Waals surface area contributed by atoms with Crippen LogP contribution in [0.1, 0.15) is 45.6 Å². The standard InChI is InChI=1S/C18H22FNO.C2H5N/c1-3-13-18(21,4-2)14-5-9-16(10-6-14)20-17-11-7-15(19)8-12-17;1-2-3/h5-12,20-21H,3-4,13H2,1-2H3;2-3H,1H3. The van der Waals surface area contributed by atoms with Crippen LogP contribution in [0.5, 0.6) is 0 Å². The van der Waals surface area contributed by atoms with E-state index in [0.29, 0.717) is 6.42 Å². The zero-order chi connectivity index (χ0) is 18.0. The highest BCUT2D eigenvalue weighted by Crippen LogP contribution is 2.31. The van der Waals surface area contributed by atoms with E-state index in [1.807, 2.05) is 31.2 Å². The fourth-order valence-corrected chi connectivity index (χ4v) is 2.50. The average molecular weight is 330 g/mol. The molecule has 1 unspecified atom stereocenters. The molecule has 0 saturated heterocycles. The Balaban J connectivity index is 0.000000891. The van der Waals surface area contributed by atoms with Crippen LogP contribution in [0, 0.1) is 11.2 Å². The lowest BCUT2D eigenvalue weighted by Crippen LogP contribution is -2.24. The minimum Gasteiger partial charge on any atom is -0.385 e. The Hall–Kier alpha value is -2.20. The van der Waals surface area contributed by atoms with Crippen LogP contribution in [-0.2, 0) is 5.60 Å². The molecule has 3 nitrogen and oxygen atoms in total. The van der Waals surface area contributed by atoms with Crippen LogP contribution < -0.4 is 5.32 Å². The Morgan fingerprint density at radius 3 is 1.92 bits per heavy atom. The summed E-state index contributed by atoms with van der Waals surface area (Å²) in [6.45, 7) is 5.74. The number of halogens is 1. The van der Waals surface area contributed by atoms with Gasteiger partial charge in [-0.2, -0.15) is 0 Å². The molecule has 24 heavy (non-hydrogen) atoms. The molecule has 0 aliphatic rings. The zero-order valence-corrected chi connectivity index (χ0v) is 14.6. The minimum atomic E-state index is -0.747. The van der Waals surface area contributed by atoms with Gasteiger partial charge in [0, 0.05) is 11.4 Å². The smallest absolute Gasteiger partial charge is 0.123 e. The molecule has 1 atom stereocenters. The summed E-state index contributed by atoms with van der Waals surface area (Å²) in [6.07, 6.45) is 3.65. The van der Waals surface area contributed by atoms with Gasteiger partial charge in [0.15, 0.2) is 0 Å². The zero-order valence-electron chi connectivity index (χ0n) is 14.6. The normalized spacial score (nSPS) is 12.5. The third-order valence-corrected chi connectivity index (χ3v) is 3.80. The first-order valence-electron chi connectivity index (χ1n) is 8.29. The molecule has 0 aromatic heterocycles. The minimum absolute atomic E-state index is 0.247. The molecule has 0 saturated carbocycles. The molecule has 3 N–H and O–H groups in total. The topological polar surface area (TPSA) is 56.1 Å². The summed E-state index contributed by atoms with van der Waals surface area (Å²) in [5.41, 5.74) is 1.95. The number of hydrogen-bond donors (Lipinski definition) is 3. The predicted molar refractivity (Wildman–Crippen MR) is 99.7 cm³/mol. The van der Waals surface area contributed by atoms with E-state index in [2.05, 4.69) is 12.2 Å². The maximum absolute atomic E-state index is 12.9. The van der Waals surface area contributed by atoms with Gasteiger partial charge in [-0.1, -0.05) is 32.4 Å². The third-order valence-electron chi connectivity index (χ3n) is 3.80. The van der Waals surface area contributed by atoms with E-state index >= 15 is 0 Å². The number of nitrogens with one attached hydrogen (secondary N) is 2. The highest BCUT2D eigenvalue weighted by molar-refractivity contribution is 5.59. The molecule has 0 bridgehead atoms. The van der Waals surface area contributed by atoms with Crippen molar-refractivity contribution in [1.82, 2.24) is 0 Å². The van der Waals surface area contributed by atoms with Gasteiger partial charge < -0.3 is 15.8 Å². The molecule has 2 aromatic carbocycles. The van der Waals surface area contributed by atoms with Crippen LogP contribution >= 0.6 is 0 Å². The first-order chi connectivity index (χ1) is 11.5. The van der Waals surface area contributed by atoms with E-state index in [4.69, 9.17) is 5.41 Å². The number of hydrogen-bond acceptors (Lipinski definition) is 3. The monoisotopic (exact) mass is 330 g/mol. The van der Waals surface area contributed by atoms with E-state index in [1.165, 1.54) is 18.3 Å². The van der Waals surface area contributed by atoms with Gasteiger partial charge in [0.2, 0.25) is 0 Å². The number of aliphatic hydroxyl groups is 1. The number of anilines is 2. The second-order valence-electron chi connectivity index (χ2n) is 5.63. The first-order valence-corrected chi connectivity index (χ1v) is 8.29. The van der Waals surface area contributed by atoms with Crippen molar-refractivity contribution in [2.75, 3.05) is 5.32 Å². The summed E-state index contributed by atoms with van der Waals surface area (Å²) in [5.74, 6) is -0.247. The maximum atomic E-state index is 12.9. The maximum Gasteiger partial charge on any atom is 0.123 e. The number of rotatable bonds is 6. The Bertz CT molecular complexity index is 611. The van der Waals surface area contributed by atoms with Crippen LogP contribution in [0.15, 0.2) is 48.5 Å². The Labute approximate surface area is 144 Å². The average Bonchev–Trinajstić information content (AvgIpc) is 2.58. The van der Waals surface area contributed by atoms with Crippen molar-refractivity contribution >= 4 is 17.6 Å². The molecule has 0 heterocycles. The van der Waals surface area contributed by atoms with Crippen LogP contribution in [0.3, 0.4) is 0 Å². The van der Waals surface area contributed by atoms with Crippen LogP contribution in [0.25, 0.3) is 0 Å². The van der Waals surface area contributed by atoms with Gasteiger partial charge in [-0.15, -0.1) is 0 Å². The lowest BCUT2D eigenvalue weighted by atomic mass is 9.87. The summed E-state index contributed by atoms with van der Waals surface area (Å²) < 4.78 is 12.9. The fraction of sp³-hybridized carbons (Fsp3) is 0.350. The second kappa shape index (κ2) is 9.83. The Kier molecular flexibility index (Phi) is 8.13. The van der Waals surface area contributed by atoms with Gasteiger partial charge >= 0.3 is 0 Å². The van der Waals surface area contributed by atoms with Crippen molar-refractivity contribution in [2.45, 2.75) is 45.6 Å². The van der Waals surface area contributed by atoms with Gasteiger partial charge in [0.05, 0.1) is 5.60 Å². The Morgan fingerprint density at radius 1 is 1.04 bits per heavy atom. The van der Waals surface area contributed by atoms with Gasteiger partial charge in [-0.05, 0) is 67.9 Å². The van der Waals surface area contributed by atoms with Crippen molar-refractivity contribution in [2.24, 2.45) is 0 Å². The molecule has 0 spiro atoms. The fourth-order valence-electron chi connectivity index (χ4n) is 2.50. The quantitative estimate of drug-likeness (QED) is 0.602. The molecular weight excluding hydrogens is 303 g/mol. The van der Waals surface area contributed by atoms with Crippen LogP contribution in [0.4, 0.5) is 15.8 Å². The molecule has 130 valence electrons. The third kappa shape index (κ3) is 5.78. The summed E-state index contributed by atoms with van der Waals surface area (Å²) in [7, 11) is 0. The second-order valence-corrected chi connectivity index (χ2v) is 5.63. The van der Waals surface area contributed by atoms with Crippen molar-refractivity contribution in [3.8, 4) is 0 Å². The molecule has 0 aliphatic carbocycles. The van der Waals surface area contributed by atoms with E-state index in [1.54, 1.807) is 19.1 Å². The first kappa shape index (κ1) is 19.8. The highest BCUT2D eigenvalue weighted by Gasteiger charge is 2.25. The molecule has 0 fully saturated rings. The SMILES string of the molecule is CC=N.CCCC(O)(CC)c1ccc(Nc2ccc(F)cc2)cc1. The summed E-state index contributed by atoms with van der Waals surface area (Å²) in [4.78, 5) is 0. The predicted octanol–water partition coefficient (Wildman–Crippen LogP) is 5.62. The van der Waals surface area contributed by atoms with Crippen LogP contribution in [-0.4, -0.2) is 11.3 Å². The molecule has 0 radical (unpaired) electrons. The van der Waals surface area contributed by atoms with Gasteiger partial charge in [0.1, 0.15) is 5.82 Å². The van der Waals surface area contributed by atoms with Gasteiger partial charge in [-0.3, -0.25) is 0 Å². The summed E-state index contributed by atoms with van der Waals surface area (Å²) >= 11 is 0. The summed E-state index contributed by atoms with van der Waals surface area (Å²) in [6, 6.07) is 14.0. The van der Waals surface area contributed by atoms with E-state index in [9.17, 15) is 9.50 Å². The van der Waals surface area contributed by atoms with Gasteiger partial charge in [-0.25, -0.2) is 4.39 Å². The van der Waals surface area contributed by atoms with Crippen LogP contribution in [0.2, 0.25) is 0 Å². The molecule has 0 amide bonds. The molecule has 2 rings (SSSR count). The molecule has 2 aromatic rings. The molecule has 0 aliphatic heterocycles. The Morgan fingerprint density at radius 2 is 1.50 bits per heavy atom. The highest BCUT2D eigenvalue weighted by atomic mass is 19.1. The van der Waals surface area contributed by atoms with Crippen molar-refractivity contribution in [1.29, 1.82) is 5.41 Å². The van der Waals surface area contributed by atoms with E-state index < -0.39 is 5.60 Å². The molecule has 4 heteroatoms. The largest absolute Gasteiger partial charge is 0.385 e. The van der Waals surface area contributed by atoms with Gasteiger partial charge in [0.25, 0.3) is 0 Å². The lowest BCUT2D eigenvalue weighted by Gasteiger charge is -2.27. The van der Waals surface area contributed by atoms with Crippen molar-refractivity contribution in [3.05, 3.63) is 59.9 Å². The molecular formula is C20H27FN2O. The van der Waals surface area contributed by atoms with E-state index in [0.717, 1.165) is 29.8 Å². The van der Waals surface area contributed by atoms with E-state index in [-0.39, 0.29) is 5.82 Å². The van der Waals surface area contributed by atoms with Crippen molar-refractivity contribution < 1.29 is 9.50 Å². The number of benzene rings is 2. The van der Waals surface area contributed by atoms with Crippen molar-refractivity contribution in [3.63, 3.8) is 0 Å². The lowest BCUT2D eigenvalue weighted by molar-refractivity contribution is 0.0226.